The average molecular weight is 498 g/mol. The number of nitrogens with zero attached hydrogens (tertiary/aromatic N) is 2. The van der Waals surface area contributed by atoms with E-state index in [1.54, 1.807) is 28.5 Å². The quantitative estimate of drug-likeness (QED) is 0.537. The van der Waals surface area contributed by atoms with Gasteiger partial charge < -0.3 is 19.9 Å². The lowest BCUT2D eigenvalue weighted by Crippen LogP contribution is -2.49. The van der Waals surface area contributed by atoms with Gasteiger partial charge in [-0.15, -0.1) is 0 Å². The van der Waals surface area contributed by atoms with E-state index in [4.69, 9.17) is 0 Å². The first-order chi connectivity index (χ1) is 18.0. The zero-order valence-electron chi connectivity index (χ0n) is 21.0. The van der Waals surface area contributed by atoms with Crippen molar-refractivity contribution in [3.8, 4) is 11.1 Å². The highest BCUT2D eigenvalue weighted by molar-refractivity contribution is 5.95. The van der Waals surface area contributed by atoms with Crippen molar-refractivity contribution in [2.24, 2.45) is 11.8 Å². The molecule has 4 atom stereocenters. The van der Waals surface area contributed by atoms with Crippen molar-refractivity contribution in [3.63, 3.8) is 0 Å². The van der Waals surface area contributed by atoms with Gasteiger partial charge in [0.15, 0.2) is 0 Å². The molecule has 37 heavy (non-hydrogen) atoms. The fourth-order valence-electron chi connectivity index (χ4n) is 5.86. The first-order valence-electron chi connectivity index (χ1n) is 12.7. The topological polar surface area (TPSA) is 91.6 Å². The molecule has 2 bridgehead atoms. The molecule has 0 unspecified atom stereocenters. The number of hydrogen-bond acceptors (Lipinski definition) is 4. The standard InChI is InChI=1S/C30H31N3O4/c1-3-8-21-13-16-24-28-27(23(18-34)25(17-32(24)30(21)37)33(28)26(35)4-2)29(36)31-22-14-11-20(12-15-22)19-9-6-5-7-10-19/h3,5-16,23,25,27-28,34H,4,17-18H2,1-2H3,(H,31,36)/b8-3-/t23-,25-,27+,28+/m0/s1. The van der Waals surface area contributed by atoms with Crippen molar-refractivity contribution in [1.82, 2.24) is 9.47 Å². The molecule has 0 aliphatic carbocycles. The van der Waals surface area contributed by atoms with Crippen molar-refractivity contribution in [1.29, 1.82) is 0 Å². The van der Waals surface area contributed by atoms with Crippen molar-refractivity contribution in [2.45, 2.75) is 38.9 Å². The van der Waals surface area contributed by atoms with Crippen LogP contribution in [0.15, 0.2) is 77.6 Å². The smallest absolute Gasteiger partial charge is 0.258 e. The largest absolute Gasteiger partial charge is 0.396 e. The van der Waals surface area contributed by atoms with Crippen LogP contribution in [0, 0.1) is 11.8 Å². The fraction of sp³-hybridized carbons (Fsp3) is 0.300. The number of aromatic nitrogens is 1. The molecule has 2 aliphatic rings. The average Bonchev–Trinajstić information content (AvgIpc) is 3.17. The Morgan fingerprint density at radius 1 is 1.03 bits per heavy atom. The number of aliphatic hydroxyl groups is 1. The number of anilines is 1. The molecule has 3 heterocycles. The molecule has 0 spiro atoms. The molecule has 1 saturated heterocycles. The Kier molecular flexibility index (Phi) is 6.80. The molecule has 0 saturated carbocycles. The zero-order valence-corrected chi connectivity index (χ0v) is 21.0. The van der Waals surface area contributed by atoms with Crippen molar-refractivity contribution >= 4 is 23.6 Å². The SMILES string of the molecule is C/C=C\c1ccc2n(c1=O)C[C@H]1[C@H](CO)[C@@H](C(=O)Nc3ccc(-c4ccccc4)cc3)[C@@H]2N1C(=O)CC. The minimum absolute atomic E-state index is 0.0906. The number of fused-ring (bicyclic) bond motifs is 4. The zero-order chi connectivity index (χ0) is 26.1. The fourth-order valence-corrected chi connectivity index (χ4v) is 5.86. The van der Waals surface area contributed by atoms with Crippen molar-refractivity contribution in [3.05, 3.63) is 94.4 Å². The molecule has 7 nitrogen and oxygen atoms in total. The van der Waals surface area contributed by atoms with E-state index in [2.05, 4.69) is 5.32 Å². The van der Waals surface area contributed by atoms with E-state index in [0.717, 1.165) is 11.1 Å². The molecule has 3 aromatic rings. The van der Waals surface area contributed by atoms with Crippen LogP contribution in [0.5, 0.6) is 0 Å². The summed E-state index contributed by atoms with van der Waals surface area (Å²) in [7, 11) is 0. The van der Waals surface area contributed by atoms with Crippen LogP contribution < -0.4 is 10.9 Å². The maximum atomic E-state index is 13.7. The van der Waals surface area contributed by atoms with Crippen LogP contribution in [0.4, 0.5) is 5.69 Å². The van der Waals surface area contributed by atoms with Crippen LogP contribution in [0.2, 0.25) is 0 Å². The Balaban J connectivity index is 1.50. The Labute approximate surface area is 216 Å². The molecular weight excluding hydrogens is 466 g/mol. The van der Waals surface area contributed by atoms with E-state index in [9.17, 15) is 19.5 Å². The maximum Gasteiger partial charge on any atom is 0.258 e. The molecule has 2 amide bonds. The molecule has 7 heteroatoms. The number of nitrogens with one attached hydrogen (secondary N) is 1. The lowest BCUT2D eigenvalue weighted by atomic mass is 9.86. The van der Waals surface area contributed by atoms with E-state index in [0.29, 0.717) is 16.9 Å². The van der Waals surface area contributed by atoms with Crippen molar-refractivity contribution < 1.29 is 14.7 Å². The molecule has 1 aromatic heterocycles. The van der Waals surface area contributed by atoms with Gasteiger partial charge >= 0.3 is 0 Å². The summed E-state index contributed by atoms with van der Waals surface area (Å²) in [5, 5.41) is 13.4. The van der Waals surface area contributed by atoms with Gasteiger partial charge in [-0.3, -0.25) is 14.4 Å². The number of rotatable bonds is 6. The van der Waals surface area contributed by atoms with Gasteiger partial charge in [-0.1, -0.05) is 61.5 Å². The molecule has 5 rings (SSSR count). The number of carbonyl (C=O) groups excluding carboxylic acids is 2. The summed E-state index contributed by atoms with van der Waals surface area (Å²) in [6.45, 7) is 3.63. The lowest BCUT2D eigenvalue weighted by Gasteiger charge is -2.38. The molecular formula is C30H31N3O4. The second-order valence-electron chi connectivity index (χ2n) is 9.60. The number of aliphatic hydroxyl groups excluding tert-OH is 1. The molecule has 1 fully saturated rings. The number of amides is 2. The van der Waals surface area contributed by atoms with E-state index in [1.807, 2.05) is 73.7 Å². The first-order valence-corrected chi connectivity index (χ1v) is 12.7. The normalized spacial score (nSPS) is 22.2. The van der Waals surface area contributed by atoms with Crippen LogP contribution in [-0.2, 0) is 16.1 Å². The third kappa shape index (κ3) is 4.29. The van der Waals surface area contributed by atoms with Gasteiger partial charge in [0.05, 0.1) is 18.0 Å². The van der Waals surface area contributed by atoms with Crippen LogP contribution >= 0.6 is 0 Å². The summed E-state index contributed by atoms with van der Waals surface area (Å²) in [6.07, 6.45) is 3.85. The van der Waals surface area contributed by atoms with Gasteiger partial charge in [-0.05, 0) is 42.3 Å². The number of hydrogen-bond donors (Lipinski definition) is 2. The number of carbonyl (C=O) groups is 2. The summed E-state index contributed by atoms with van der Waals surface area (Å²) in [6, 6.07) is 20.1. The van der Waals surface area contributed by atoms with Crippen LogP contribution in [0.1, 0.15) is 37.6 Å². The van der Waals surface area contributed by atoms with E-state index < -0.39 is 23.9 Å². The Bertz CT molecular complexity index is 1390. The molecule has 0 radical (unpaired) electrons. The number of pyridine rings is 1. The second kappa shape index (κ2) is 10.2. The number of allylic oxidation sites excluding steroid dienone is 1. The Hall–Kier alpha value is -3.97. The van der Waals surface area contributed by atoms with E-state index in [-0.39, 0.29) is 36.9 Å². The Morgan fingerprint density at radius 3 is 2.38 bits per heavy atom. The van der Waals surface area contributed by atoms with E-state index >= 15 is 0 Å². The van der Waals surface area contributed by atoms with Gasteiger partial charge in [0, 0.05) is 42.4 Å². The molecule has 190 valence electrons. The van der Waals surface area contributed by atoms with Gasteiger partial charge in [0.2, 0.25) is 11.8 Å². The summed E-state index contributed by atoms with van der Waals surface area (Å²) < 4.78 is 1.68. The highest BCUT2D eigenvalue weighted by Gasteiger charge is 2.57. The highest BCUT2D eigenvalue weighted by atomic mass is 16.3. The van der Waals surface area contributed by atoms with E-state index in [1.165, 1.54) is 0 Å². The summed E-state index contributed by atoms with van der Waals surface area (Å²) in [5.74, 6) is -1.55. The summed E-state index contributed by atoms with van der Waals surface area (Å²) in [4.78, 5) is 41.8. The third-order valence-electron chi connectivity index (χ3n) is 7.57. The Morgan fingerprint density at radius 2 is 1.73 bits per heavy atom. The van der Waals surface area contributed by atoms with Gasteiger partial charge in [0.1, 0.15) is 0 Å². The van der Waals surface area contributed by atoms with Crippen molar-refractivity contribution in [2.75, 3.05) is 11.9 Å². The number of benzene rings is 2. The molecule has 2 aliphatic heterocycles. The predicted octanol–water partition coefficient (Wildman–Crippen LogP) is 4.09. The van der Waals surface area contributed by atoms with Crippen LogP contribution in [0.25, 0.3) is 17.2 Å². The lowest BCUT2D eigenvalue weighted by molar-refractivity contribution is -0.136. The minimum Gasteiger partial charge on any atom is -0.396 e. The van der Waals surface area contributed by atoms with Gasteiger partial charge in [0.25, 0.3) is 5.56 Å². The molecule has 2 N–H and O–H groups in total. The monoisotopic (exact) mass is 497 g/mol. The summed E-state index contributed by atoms with van der Waals surface area (Å²) >= 11 is 0. The van der Waals surface area contributed by atoms with Gasteiger partial charge in [-0.25, -0.2) is 0 Å². The maximum absolute atomic E-state index is 13.7. The summed E-state index contributed by atoms with van der Waals surface area (Å²) in [5.41, 5.74) is 3.79. The van der Waals surface area contributed by atoms with Crippen LogP contribution in [-0.4, -0.2) is 39.0 Å². The first kappa shape index (κ1) is 24.7. The third-order valence-corrected chi connectivity index (χ3v) is 7.57. The highest BCUT2D eigenvalue weighted by Crippen LogP contribution is 2.48. The van der Waals surface area contributed by atoms with Crippen LogP contribution in [0.3, 0.4) is 0 Å². The predicted molar refractivity (Wildman–Crippen MR) is 144 cm³/mol. The minimum atomic E-state index is -0.694. The molecule has 2 aromatic carbocycles. The second-order valence-corrected chi connectivity index (χ2v) is 9.60. The van der Waals surface area contributed by atoms with Gasteiger partial charge in [-0.2, -0.15) is 0 Å².